The van der Waals surface area contributed by atoms with Gasteiger partial charge in [0.15, 0.2) is 12.4 Å². The van der Waals surface area contributed by atoms with Gasteiger partial charge in [-0.1, -0.05) is 13.0 Å². The second kappa shape index (κ2) is 8.37. The summed E-state index contributed by atoms with van der Waals surface area (Å²) in [6.07, 6.45) is 0.420. The molecule has 0 aromatic heterocycles. The third kappa shape index (κ3) is 5.11. The molecule has 132 valence electrons. The Labute approximate surface area is 145 Å². The molecule has 0 aliphatic heterocycles. The molecule has 6 heteroatoms. The molecule has 0 unspecified atom stereocenters. The summed E-state index contributed by atoms with van der Waals surface area (Å²) in [5.74, 6) is -1.22. The van der Waals surface area contributed by atoms with Crippen LogP contribution in [-0.2, 0) is 11.3 Å². The molecule has 25 heavy (non-hydrogen) atoms. The molecule has 0 N–H and O–H groups in total. The average Bonchev–Trinajstić information content (AvgIpc) is 2.61. The van der Waals surface area contributed by atoms with Crippen LogP contribution in [0.1, 0.15) is 29.3 Å². The number of carbonyl (C=O) groups is 2. The van der Waals surface area contributed by atoms with E-state index in [1.807, 2.05) is 0 Å². The lowest BCUT2D eigenvalue weighted by Crippen LogP contribution is -2.31. The van der Waals surface area contributed by atoms with Gasteiger partial charge < -0.3 is 9.64 Å². The topological polar surface area (TPSA) is 46.6 Å². The van der Waals surface area contributed by atoms with Gasteiger partial charge in [0.2, 0.25) is 0 Å². The van der Waals surface area contributed by atoms with Crippen LogP contribution >= 0.6 is 0 Å². The van der Waals surface area contributed by atoms with E-state index < -0.39 is 11.6 Å². The predicted molar refractivity (Wildman–Crippen MR) is 89.4 cm³/mol. The molecular weight excluding hydrogens is 328 g/mol. The first-order valence-electron chi connectivity index (χ1n) is 7.84. The molecule has 0 atom stereocenters. The number of ketones is 1. The van der Waals surface area contributed by atoms with E-state index in [0.717, 1.165) is 12.1 Å². The van der Waals surface area contributed by atoms with Crippen LogP contribution in [0.5, 0.6) is 5.75 Å². The zero-order valence-electron chi connectivity index (χ0n) is 14.1. The first kappa shape index (κ1) is 18.6. The second-order valence-electron chi connectivity index (χ2n) is 5.58. The fourth-order valence-corrected chi connectivity index (χ4v) is 2.19. The van der Waals surface area contributed by atoms with E-state index in [1.54, 1.807) is 31.2 Å². The summed E-state index contributed by atoms with van der Waals surface area (Å²) in [7, 11) is 1.51. The third-order valence-electron chi connectivity index (χ3n) is 3.71. The van der Waals surface area contributed by atoms with Gasteiger partial charge in [-0.3, -0.25) is 9.59 Å². The fourth-order valence-electron chi connectivity index (χ4n) is 2.19. The van der Waals surface area contributed by atoms with E-state index in [4.69, 9.17) is 4.74 Å². The van der Waals surface area contributed by atoms with Crippen LogP contribution in [0.3, 0.4) is 0 Å². The van der Waals surface area contributed by atoms with Gasteiger partial charge in [-0.2, -0.15) is 0 Å². The zero-order chi connectivity index (χ0) is 18.4. The number of nitrogens with zero attached hydrogens (tertiary/aromatic N) is 1. The Kier molecular flexibility index (Phi) is 6.22. The number of hydrogen-bond acceptors (Lipinski definition) is 3. The van der Waals surface area contributed by atoms with Gasteiger partial charge in [0, 0.05) is 37.2 Å². The molecule has 0 saturated carbocycles. The Hall–Kier alpha value is -2.76. The highest BCUT2D eigenvalue weighted by atomic mass is 19.1. The molecule has 2 aromatic carbocycles. The maximum absolute atomic E-state index is 13.6. The number of Topliss-reactive ketones (excluding diaryl/α,β-unsaturated/α-hetero) is 1. The number of halogens is 2. The van der Waals surface area contributed by atoms with Gasteiger partial charge >= 0.3 is 0 Å². The van der Waals surface area contributed by atoms with E-state index in [-0.39, 0.29) is 30.4 Å². The van der Waals surface area contributed by atoms with Crippen molar-refractivity contribution in [3.63, 3.8) is 0 Å². The van der Waals surface area contributed by atoms with Gasteiger partial charge in [0.05, 0.1) is 0 Å². The Morgan fingerprint density at radius 3 is 2.36 bits per heavy atom. The molecule has 2 aromatic rings. The summed E-state index contributed by atoms with van der Waals surface area (Å²) < 4.78 is 31.9. The zero-order valence-corrected chi connectivity index (χ0v) is 14.1. The number of ether oxygens (including phenoxy) is 1. The molecule has 0 aliphatic carbocycles. The summed E-state index contributed by atoms with van der Waals surface area (Å²) in [5, 5.41) is 0. The minimum atomic E-state index is -0.697. The van der Waals surface area contributed by atoms with E-state index >= 15 is 0 Å². The minimum Gasteiger partial charge on any atom is -0.484 e. The van der Waals surface area contributed by atoms with Crippen molar-refractivity contribution in [3.8, 4) is 5.75 Å². The maximum Gasteiger partial charge on any atom is 0.260 e. The Balaban J connectivity index is 1.89. The molecule has 0 fully saturated rings. The molecule has 0 radical (unpaired) electrons. The van der Waals surface area contributed by atoms with Crippen molar-refractivity contribution in [2.24, 2.45) is 0 Å². The molecule has 0 saturated heterocycles. The van der Waals surface area contributed by atoms with E-state index in [0.29, 0.717) is 17.7 Å². The van der Waals surface area contributed by atoms with Crippen LogP contribution in [0.2, 0.25) is 0 Å². The van der Waals surface area contributed by atoms with Gasteiger partial charge in [0.1, 0.15) is 17.4 Å². The van der Waals surface area contributed by atoms with E-state index in [1.165, 1.54) is 18.0 Å². The van der Waals surface area contributed by atoms with Crippen molar-refractivity contribution in [2.45, 2.75) is 19.9 Å². The van der Waals surface area contributed by atoms with Gasteiger partial charge in [-0.15, -0.1) is 0 Å². The summed E-state index contributed by atoms with van der Waals surface area (Å²) in [5.41, 5.74) is 0.810. The van der Waals surface area contributed by atoms with Crippen LogP contribution in [-0.4, -0.2) is 30.2 Å². The van der Waals surface area contributed by atoms with E-state index in [9.17, 15) is 18.4 Å². The largest absolute Gasteiger partial charge is 0.484 e. The average molecular weight is 347 g/mol. The predicted octanol–water partition coefficient (Wildman–Crippen LogP) is 3.59. The standard InChI is InChI=1S/C19H19F2NO3/c1-3-18(23)13-5-8-16(9-6-13)25-12-19(24)22(2)11-14-4-7-15(20)10-17(14)21/h4-10H,3,11-12H2,1-2H3. The molecule has 0 spiro atoms. The van der Waals surface area contributed by atoms with Crippen molar-refractivity contribution in [2.75, 3.05) is 13.7 Å². The van der Waals surface area contributed by atoms with E-state index in [2.05, 4.69) is 0 Å². The van der Waals surface area contributed by atoms with Gasteiger partial charge in [0.25, 0.3) is 5.91 Å². The highest BCUT2D eigenvalue weighted by Crippen LogP contribution is 2.15. The summed E-state index contributed by atoms with van der Waals surface area (Å²) in [6, 6.07) is 9.76. The van der Waals surface area contributed by atoms with Crippen molar-refractivity contribution in [1.82, 2.24) is 4.90 Å². The third-order valence-corrected chi connectivity index (χ3v) is 3.71. The summed E-state index contributed by atoms with van der Waals surface area (Å²) in [6.45, 7) is 1.57. The maximum atomic E-state index is 13.6. The van der Waals surface area contributed by atoms with Gasteiger partial charge in [-0.25, -0.2) is 8.78 Å². The number of likely N-dealkylation sites (N-methyl/N-ethyl adjacent to an activating group) is 1. The lowest BCUT2D eigenvalue weighted by molar-refractivity contribution is -0.132. The van der Waals surface area contributed by atoms with Gasteiger partial charge in [-0.05, 0) is 30.3 Å². The number of carbonyl (C=O) groups excluding carboxylic acids is 2. The highest BCUT2D eigenvalue weighted by molar-refractivity contribution is 5.95. The second-order valence-corrected chi connectivity index (χ2v) is 5.58. The molecule has 0 aliphatic rings. The molecular formula is C19H19F2NO3. The van der Waals surface area contributed by atoms with Crippen molar-refractivity contribution in [1.29, 1.82) is 0 Å². The highest BCUT2D eigenvalue weighted by Gasteiger charge is 2.13. The molecule has 0 heterocycles. The number of amides is 1. The SMILES string of the molecule is CCC(=O)c1ccc(OCC(=O)N(C)Cc2ccc(F)cc2F)cc1. The molecule has 2 rings (SSSR count). The van der Waals surface area contributed by atoms with Crippen LogP contribution < -0.4 is 4.74 Å². The molecule has 1 amide bonds. The van der Waals surface area contributed by atoms with Crippen molar-refractivity contribution in [3.05, 3.63) is 65.2 Å². The Morgan fingerprint density at radius 1 is 1.08 bits per heavy atom. The molecule has 0 bridgehead atoms. The number of rotatable bonds is 7. The minimum absolute atomic E-state index is 0.0121. The normalized spacial score (nSPS) is 10.4. The summed E-state index contributed by atoms with van der Waals surface area (Å²) in [4.78, 5) is 24.9. The lowest BCUT2D eigenvalue weighted by Gasteiger charge is -2.18. The van der Waals surface area contributed by atoms with Crippen LogP contribution in [0.25, 0.3) is 0 Å². The Bertz CT molecular complexity index is 760. The molecule has 4 nitrogen and oxygen atoms in total. The lowest BCUT2D eigenvalue weighted by atomic mass is 10.1. The number of benzene rings is 2. The van der Waals surface area contributed by atoms with Crippen molar-refractivity contribution < 1.29 is 23.1 Å². The van der Waals surface area contributed by atoms with Crippen LogP contribution in [0, 0.1) is 11.6 Å². The smallest absolute Gasteiger partial charge is 0.260 e. The van der Waals surface area contributed by atoms with Crippen molar-refractivity contribution >= 4 is 11.7 Å². The quantitative estimate of drug-likeness (QED) is 0.719. The van der Waals surface area contributed by atoms with Crippen LogP contribution in [0.15, 0.2) is 42.5 Å². The first-order chi connectivity index (χ1) is 11.9. The fraction of sp³-hybridized carbons (Fsp3) is 0.263. The first-order valence-corrected chi connectivity index (χ1v) is 7.84. The van der Waals surface area contributed by atoms with Crippen LogP contribution in [0.4, 0.5) is 8.78 Å². The Morgan fingerprint density at radius 2 is 1.76 bits per heavy atom. The number of hydrogen-bond donors (Lipinski definition) is 0. The summed E-state index contributed by atoms with van der Waals surface area (Å²) >= 11 is 0. The monoisotopic (exact) mass is 347 g/mol.